The van der Waals surface area contributed by atoms with Gasteiger partial charge in [-0.2, -0.15) is 13.2 Å². The molecule has 0 N–H and O–H groups in total. The molecule has 4 nitrogen and oxygen atoms in total. The number of fused-ring (bicyclic) bond motifs is 2. The van der Waals surface area contributed by atoms with Gasteiger partial charge < -0.3 is 0 Å². The van der Waals surface area contributed by atoms with E-state index in [9.17, 15) is 13.2 Å². The van der Waals surface area contributed by atoms with Crippen LogP contribution in [0.2, 0.25) is 0 Å². The van der Waals surface area contributed by atoms with E-state index in [0.717, 1.165) is 17.0 Å². The van der Waals surface area contributed by atoms with E-state index in [2.05, 4.69) is 68.0 Å². The number of alkyl halides is 3. The van der Waals surface area contributed by atoms with E-state index in [4.69, 9.17) is 4.98 Å². The van der Waals surface area contributed by atoms with Crippen molar-refractivity contribution in [2.45, 2.75) is 59.6 Å². The highest BCUT2D eigenvalue weighted by atomic mass is 32.1. The van der Waals surface area contributed by atoms with Gasteiger partial charge >= 0.3 is 6.18 Å². The van der Waals surface area contributed by atoms with Crippen LogP contribution in [0.1, 0.15) is 50.8 Å². The van der Waals surface area contributed by atoms with Gasteiger partial charge in [-0.15, -0.1) is 0 Å². The molecule has 0 aliphatic carbocycles. The third-order valence-corrected chi connectivity index (χ3v) is 9.07. The third kappa shape index (κ3) is 4.71. The maximum atomic E-state index is 13.4. The molecule has 0 atom stereocenters. The minimum absolute atomic E-state index is 0.0415. The Morgan fingerprint density at radius 3 is 2.18 bits per heavy atom. The number of hydrogen-bond acceptors (Lipinski definition) is 5. The summed E-state index contributed by atoms with van der Waals surface area (Å²) in [7, 11) is 1.98. The third-order valence-electron chi connectivity index (χ3n) is 7.02. The zero-order chi connectivity index (χ0) is 27.6. The fourth-order valence-electron chi connectivity index (χ4n) is 4.62. The van der Waals surface area contributed by atoms with Crippen molar-refractivity contribution in [3.63, 3.8) is 0 Å². The maximum Gasteiger partial charge on any atom is 0.394 e. The molecular weight excluding hydrogens is 525 g/mol. The highest BCUT2D eigenvalue weighted by molar-refractivity contribution is 7.28. The van der Waals surface area contributed by atoms with E-state index < -0.39 is 11.6 Å². The molecule has 0 bridgehead atoms. The number of halogens is 3. The summed E-state index contributed by atoms with van der Waals surface area (Å²) in [6.45, 7) is 11.2. The summed E-state index contributed by atoms with van der Waals surface area (Å²) in [6.07, 6.45) is -2.67. The summed E-state index contributed by atoms with van der Waals surface area (Å²) >= 11 is 2.59. The van der Waals surface area contributed by atoms with Gasteiger partial charge in [-0.1, -0.05) is 81.6 Å². The predicted octanol–water partition coefficient (Wildman–Crippen LogP) is 8.20. The van der Waals surface area contributed by atoms with Crippen LogP contribution >= 0.6 is 22.7 Å². The largest absolute Gasteiger partial charge is 0.394 e. The van der Waals surface area contributed by atoms with Crippen LogP contribution in [0.3, 0.4) is 0 Å². The van der Waals surface area contributed by atoms with Crippen LogP contribution in [0.15, 0.2) is 42.7 Å². The second-order valence-electron chi connectivity index (χ2n) is 11.5. The lowest BCUT2D eigenvalue weighted by Crippen LogP contribution is -2.34. The zero-order valence-electron chi connectivity index (χ0n) is 22.5. The Morgan fingerprint density at radius 2 is 1.55 bits per heavy atom. The molecule has 0 saturated heterocycles. The number of benzene rings is 2. The van der Waals surface area contributed by atoms with Gasteiger partial charge in [-0.25, -0.2) is 14.5 Å². The van der Waals surface area contributed by atoms with E-state index in [1.165, 1.54) is 58.4 Å². The average Bonchev–Trinajstić information content (AvgIpc) is 3.37. The highest BCUT2D eigenvalue weighted by Crippen LogP contribution is 2.42. The Morgan fingerprint density at radius 1 is 0.895 bits per heavy atom. The number of thiazole rings is 2. The molecule has 0 radical (unpaired) electrons. The van der Waals surface area contributed by atoms with Crippen molar-refractivity contribution >= 4 is 43.1 Å². The first-order valence-corrected chi connectivity index (χ1v) is 14.0. The SMILES string of the molecule is Cc1c(-c2cc(-c3nc4sc(CC(C)(C)C(F)(F)F)nc4s3)nc[n+]2C)cc(C(C)(C)C)c2ccccc12. The number of rotatable bonds is 4. The molecule has 5 rings (SSSR count). The first-order valence-electron chi connectivity index (χ1n) is 12.4. The molecule has 0 unspecified atom stereocenters. The predicted molar refractivity (Wildman–Crippen MR) is 150 cm³/mol. The minimum Gasteiger partial charge on any atom is -0.232 e. The van der Waals surface area contributed by atoms with Crippen molar-refractivity contribution in [3.05, 3.63) is 58.9 Å². The lowest BCUT2D eigenvalue weighted by molar-refractivity contribution is -0.663. The summed E-state index contributed by atoms with van der Waals surface area (Å²) in [5.74, 6) is 0. The van der Waals surface area contributed by atoms with Crippen molar-refractivity contribution in [2.75, 3.05) is 0 Å². The fourth-order valence-corrected chi connectivity index (χ4v) is 6.87. The summed E-state index contributed by atoms with van der Waals surface area (Å²) in [5, 5.41) is 3.63. The van der Waals surface area contributed by atoms with E-state index in [1.807, 2.05) is 17.7 Å². The molecule has 9 heteroatoms. The van der Waals surface area contributed by atoms with Gasteiger partial charge in [0.2, 0.25) is 5.69 Å². The van der Waals surface area contributed by atoms with E-state index in [0.29, 0.717) is 19.7 Å². The zero-order valence-corrected chi connectivity index (χ0v) is 24.1. The van der Waals surface area contributed by atoms with Crippen LogP contribution in [0.4, 0.5) is 13.2 Å². The van der Waals surface area contributed by atoms with E-state index >= 15 is 0 Å². The number of aryl methyl sites for hydroxylation is 2. The Labute approximate surface area is 228 Å². The summed E-state index contributed by atoms with van der Waals surface area (Å²) in [6, 6.07) is 12.8. The minimum atomic E-state index is -4.29. The van der Waals surface area contributed by atoms with Gasteiger partial charge in [0, 0.05) is 18.1 Å². The molecule has 0 aliphatic rings. The van der Waals surface area contributed by atoms with Crippen molar-refractivity contribution < 1.29 is 17.7 Å². The quantitative estimate of drug-likeness (QED) is 0.210. The normalized spacial score (nSPS) is 13.1. The molecule has 0 spiro atoms. The maximum absolute atomic E-state index is 13.4. The van der Waals surface area contributed by atoms with Crippen LogP contribution in [0.25, 0.3) is 42.4 Å². The van der Waals surface area contributed by atoms with Gasteiger partial charge in [0.15, 0.2) is 14.7 Å². The topological polar surface area (TPSA) is 42.6 Å². The van der Waals surface area contributed by atoms with Crippen LogP contribution < -0.4 is 4.57 Å². The van der Waals surface area contributed by atoms with Crippen molar-refractivity contribution in [3.8, 4) is 22.0 Å². The Balaban J connectivity index is 1.57. The van der Waals surface area contributed by atoms with Gasteiger partial charge in [0.1, 0.15) is 5.69 Å². The molecule has 0 aliphatic heterocycles. The number of nitrogens with zero attached hydrogens (tertiary/aromatic N) is 4. The molecule has 2 aromatic carbocycles. The first-order chi connectivity index (χ1) is 17.7. The fraction of sp³-hybridized carbons (Fsp3) is 0.379. The molecule has 5 aromatic rings. The van der Waals surface area contributed by atoms with Crippen molar-refractivity contribution in [1.82, 2.24) is 15.0 Å². The Kier molecular flexibility index (Phi) is 6.38. The summed E-state index contributed by atoms with van der Waals surface area (Å²) in [5.41, 5.74) is 3.45. The smallest absolute Gasteiger partial charge is 0.232 e. The van der Waals surface area contributed by atoms with Gasteiger partial charge in [-0.3, -0.25) is 0 Å². The molecule has 0 saturated carbocycles. The first kappa shape index (κ1) is 26.7. The van der Waals surface area contributed by atoms with Gasteiger partial charge in [0.25, 0.3) is 6.33 Å². The molecular formula is C29H30F3N4S2+. The van der Waals surface area contributed by atoms with Crippen LogP contribution in [-0.2, 0) is 18.9 Å². The Bertz CT molecular complexity index is 1640. The van der Waals surface area contributed by atoms with Gasteiger partial charge in [-0.05, 0) is 45.3 Å². The second-order valence-corrected chi connectivity index (χ2v) is 13.5. The Hall–Kier alpha value is -2.91. The molecule has 0 amide bonds. The van der Waals surface area contributed by atoms with Crippen molar-refractivity contribution in [2.24, 2.45) is 12.5 Å². The highest BCUT2D eigenvalue weighted by Gasteiger charge is 2.47. The van der Waals surface area contributed by atoms with Gasteiger partial charge in [0.05, 0.1) is 17.5 Å². The van der Waals surface area contributed by atoms with Crippen LogP contribution in [0.5, 0.6) is 0 Å². The van der Waals surface area contributed by atoms with E-state index in [1.54, 1.807) is 6.33 Å². The number of hydrogen-bond donors (Lipinski definition) is 0. The number of aromatic nitrogens is 4. The standard InChI is InChI=1S/C29H30F3N4S2/c1-16-17-10-8-9-11-18(17)20(27(2,3)4)12-19(16)22-13-21(33-15-36(22)7)24-35-26-25(38-24)34-23(37-26)14-28(5,6)29(30,31)32/h8-13,15H,14H2,1-7H3/q+1. The average molecular weight is 556 g/mol. The summed E-state index contributed by atoms with van der Waals surface area (Å²) < 4.78 is 42.1. The lowest BCUT2D eigenvalue weighted by Gasteiger charge is -2.26. The van der Waals surface area contributed by atoms with Crippen LogP contribution in [-0.4, -0.2) is 21.1 Å². The second kappa shape index (κ2) is 9.09. The monoisotopic (exact) mass is 555 g/mol. The summed E-state index contributed by atoms with van der Waals surface area (Å²) in [4.78, 5) is 15.1. The molecule has 0 fully saturated rings. The van der Waals surface area contributed by atoms with E-state index in [-0.39, 0.29) is 11.8 Å². The molecule has 198 valence electrons. The van der Waals surface area contributed by atoms with Crippen molar-refractivity contribution in [1.29, 1.82) is 0 Å². The molecule has 3 heterocycles. The van der Waals surface area contributed by atoms with Crippen LogP contribution in [0, 0.1) is 12.3 Å². The molecule has 3 aromatic heterocycles. The lowest BCUT2D eigenvalue weighted by atomic mass is 9.80. The molecule has 38 heavy (non-hydrogen) atoms.